The van der Waals surface area contributed by atoms with Crippen molar-refractivity contribution >= 4 is 0 Å². The second-order valence-electron chi connectivity index (χ2n) is 8.12. The predicted molar refractivity (Wildman–Crippen MR) is 101 cm³/mol. The maximum atomic E-state index is 5.92. The Bertz CT molecular complexity index is 306. The highest BCUT2D eigenvalue weighted by Crippen LogP contribution is 2.37. The zero-order chi connectivity index (χ0) is 16.3. The molecule has 0 aliphatic heterocycles. The summed E-state index contributed by atoms with van der Waals surface area (Å²) in [6, 6.07) is 0. The Balaban J connectivity index is 1.52. The van der Waals surface area contributed by atoms with Gasteiger partial charge in [0.1, 0.15) is 0 Å². The first-order valence-corrected chi connectivity index (χ1v) is 10.5. The van der Waals surface area contributed by atoms with E-state index in [1.54, 1.807) is 0 Å². The molecule has 1 nitrogen and oxygen atoms in total. The van der Waals surface area contributed by atoms with Crippen molar-refractivity contribution in [3.05, 3.63) is 12.2 Å². The summed E-state index contributed by atoms with van der Waals surface area (Å²) in [6.45, 7) is 5.31. The summed E-state index contributed by atoms with van der Waals surface area (Å²) in [5, 5.41) is 0. The molecule has 0 unspecified atom stereocenters. The van der Waals surface area contributed by atoms with E-state index in [-0.39, 0.29) is 0 Å². The maximum absolute atomic E-state index is 5.92. The Morgan fingerprint density at radius 2 is 1.30 bits per heavy atom. The molecule has 0 aromatic rings. The van der Waals surface area contributed by atoms with Crippen LogP contribution in [-0.4, -0.2) is 12.7 Å². The van der Waals surface area contributed by atoms with Crippen LogP contribution in [0.15, 0.2) is 12.2 Å². The van der Waals surface area contributed by atoms with E-state index in [2.05, 4.69) is 26.0 Å². The molecule has 134 valence electrons. The van der Waals surface area contributed by atoms with Crippen LogP contribution in [0.2, 0.25) is 0 Å². The molecule has 2 rings (SSSR count). The van der Waals surface area contributed by atoms with E-state index in [0.717, 1.165) is 30.8 Å². The standard InChI is InChI=1S/C22H40O/c1-3-5-6-7-19-8-10-20(11-9-19)12-13-21-14-16-22(17-15-21)23-18-4-2/h3,5,19-22H,4,6-18H2,1-2H3/b5-3+. The van der Waals surface area contributed by atoms with Crippen molar-refractivity contribution in [1.82, 2.24) is 0 Å². The zero-order valence-electron chi connectivity index (χ0n) is 15.8. The fraction of sp³-hybridized carbons (Fsp3) is 0.909. The summed E-state index contributed by atoms with van der Waals surface area (Å²) in [7, 11) is 0. The van der Waals surface area contributed by atoms with Crippen molar-refractivity contribution in [3.8, 4) is 0 Å². The number of hydrogen-bond acceptors (Lipinski definition) is 1. The van der Waals surface area contributed by atoms with Gasteiger partial charge in [0, 0.05) is 6.61 Å². The summed E-state index contributed by atoms with van der Waals surface area (Å²) >= 11 is 0. The highest BCUT2D eigenvalue weighted by molar-refractivity contribution is 4.81. The minimum Gasteiger partial charge on any atom is -0.378 e. The Hall–Kier alpha value is -0.300. The maximum Gasteiger partial charge on any atom is 0.0575 e. The van der Waals surface area contributed by atoms with Crippen LogP contribution in [0.25, 0.3) is 0 Å². The SMILES string of the molecule is C/C=C/CCC1CCC(CCC2CCC(OCCC)CC2)CC1. The first kappa shape index (κ1) is 19.0. The molecule has 1 heteroatoms. The lowest BCUT2D eigenvalue weighted by Gasteiger charge is -2.32. The molecule has 0 saturated heterocycles. The van der Waals surface area contributed by atoms with Crippen LogP contribution in [0.5, 0.6) is 0 Å². The Kier molecular flexibility index (Phi) is 9.34. The average Bonchev–Trinajstić information content (AvgIpc) is 2.60. The normalized spacial score (nSPS) is 32.4. The molecule has 0 bridgehead atoms. The van der Waals surface area contributed by atoms with Gasteiger partial charge < -0.3 is 4.74 Å². The monoisotopic (exact) mass is 320 g/mol. The van der Waals surface area contributed by atoms with Crippen LogP contribution in [0.1, 0.15) is 97.3 Å². The molecule has 0 aromatic heterocycles. The third kappa shape index (κ3) is 7.42. The van der Waals surface area contributed by atoms with Gasteiger partial charge in [0.15, 0.2) is 0 Å². The molecule has 2 aliphatic rings. The Labute approximate surface area is 145 Å². The van der Waals surface area contributed by atoms with Crippen LogP contribution in [0.4, 0.5) is 0 Å². The summed E-state index contributed by atoms with van der Waals surface area (Å²) in [5.74, 6) is 3.07. The highest BCUT2D eigenvalue weighted by Gasteiger charge is 2.24. The van der Waals surface area contributed by atoms with Crippen LogP contribution in [0, 0.1) is 17.8 Å². The molecular formula is C22H40O. The van der Waals surface area contributed by atoms with Gasteiger partial charge in [0.05, 0.1) is 6.10 Å². The molecule has 0 radical (unpaired) electrons. The quantitative estimate of drug-likeness (QED) is 0.419. The van der Waals surface area contributed by atoms with Gasteiger partial charge >= 0.3 is 0 Å². The van der Waals surface area contributed by atoms with E-state index >= 15 is 0 Å². The molecule has 2 saturated carbocycles. The molecule has 0 aromatic carbocycles. The van der Waals surface area contributed by atoms with Gasteiger partial charge in [-0.3, -0.25) is 0 Å². The van der Waals surface area contributed by atoms with Gasteiger partial charge in [0.2, 0.25) is 0 Å². The lowest BCUT2D eigenvalue weighted by Crippen LogP contribution is -2.23. The summed E-state index contributed by atoms with van der Waals surface area (Å²) in [4.78, 5) is 0. The predicted octanol–water partition coefficient (Wildman–Crippen LogP) is 6.91. The van der Waals surface area contributed by atoms with Gasteiger partial charge in [-0.05, 0) is 69.6 Å². The first-order chi connectivity index (χ1) is 11.3. The molecule has 0 amide bonds. The molecule has 2 aliphatic carbocycles. The van der Waals surface area contributed by atoms with E-state index in [4.69, 9.17) is 4.74 Å². The van der Waals surface area contributed by atoms with Gasteiger partial charge in [-0.2, -0.15) is 0 Å². The second-order valence-corrected chi connectivity index (χ2v) is 8.12. The van der Waals surface area contributed by atoms with Crippen LogP contribution in [0.3, 0.4) is 0 Å². The third-order valence-corrected chi connectivity index (χ3v) is 6.28. The van der Waals surface area contributed by atoms with Gasteiger partial charge in [0.25, 0.3) is 0 Å². The highest BCUT2D eigenvalue weighted by atomic mass is 16.5. The van der Waals surface area contributed by atoms with Crippen molar-refractivity contribution in [2.45, 2.75) is 103 Å². The second kappa shape index (κ2) is 11.3. The Morgan fingerprint density at radius 1 is 0.783 bits per heavy atom. The molecule has 23 heavy (non-hydrogen) atoms. The molecule has 0 heterocycles. The van der Waals surface area contributed by atoms with E-state index in [1.165, 1.54) is 77.0 Å². The van der Waals surface area contributed by atoms with Crippen LogP contribution >= 0.6 is 0 Å². The third-order valence-electron chi connectivity index (χ3n) is 6.28. The number of ether oxygens (including phenoxy) is 1. The summed E-state index contributed by atoms with van der Waals surface area (Å²) in [6.07, 6.45) is 23.5. The van der Waals surface area contributed by atoms with Gasteiger partial charge in [-0.1, -0.05) is 57.6 Å². The van der Waals surface area contributed by atoms with Crippen molar-refractivity contribution in [3.63, 3.8) is 0 Å². The summed E-state index contributed by atoms with van der Waals surface area (Å²) < 4.78 is 5.92. The van der Waals surface area contributed by atoms with E-state index in [1.807, 2.05) is 0 Å². The molecular weight excluding hydrogens is 280 g/mol. The van der Waals surface area contributed by atoms with Crippen molar-refractivity contribution in [2.24, 2.45) is 17.8 Å². The summed E-state index contributed by atoms with van der Waals surface area (Å²) in [5.41, 5.74) is 0. The molecule has 0 atom stereocenters. The van der Waals surface area contributed by atoms with Crippen molar-refractivity contribution < 1.29 is 4.74 Å². The van der Waals surface area contributed by atoms with E-state index in [0.29, 0.717) is 6.10 Å². The average molecular weight is 321 g/mol. The number of allylic oxidation sites excluding steroid dienone is 2. The fourth-order valence-corrected chi connectivity index (χ4v) is 4.65. The zero-order valence-corrected chi connectivity index (χ0v) is 15.8. The lowest BCUT2D eigenvalue weighted by molar-refractivity contribution is 0.0168. The molecule has 2 fully saturated rings. The Morgan fingerprint density at radius 3 is 1.83 bits per heavy atom. The van der Waals surface area contributed by atoms with Crippen molar-refractivity contribution in [2.75, 3.05) is 6.61 Å². The minimum absolute atomic E-state index is 0.582. The number of rotatable bonds is 9. The van der Waals surface area contributed by atoms with Gasteiger partial charge in [-0.15, -0.1) is 0 Å². The number of hydrogen-bond donors (Lipinski definition) is 0. The lowest BCUT2D eigenvalue weighted by atomic mass is 9.76. The van der Waals surface area contributed by atoms with Gasteiger partial charge in [-0.25, -0.2) is 0 Å². The van der Waals surface area contributed by atoms with Crippen LogP contribution in [-0.2, 0) is 4.74 Å². The molecule has 0 spiro atoms. The van der Waals surface area contributed by atoms with E-state index < -0.39 is 0 Å². The van der Waals surface area contributed by atoms with Crippen molar-refractivity contribution in [1.29, 1.82) is 0 Å². The minimum atomic E-state index is 0.582. The van der Waals surface area contributed by atoms with Crippen LogP contribution < -0.4 is 0 Å². The fourth-order valence-electron chi connectivity index (χ4n) is 4.65. The smallest absolute Gasteiger partial charge is 0.0575 e. The largest absolute Gasteiger partial charge is 0.378 e. The van der Waals surface area contributed by atoms with E-state index in [9.17, 15) is 0 Å². The molecule has 0 N–H and O–H groups in total. The first-order valence-electron chi connectivity index (χ1n) is 10.5. The topological polar surface area (TPSA) is 9.23 Å².